The van der Waals surface area contributed by atoms with E-state index in [1.165, 1.54) is 27.8 Å². The monoisotopic (exact) mass is 741 g/mol. The number of ketones is 1. The van der Waals surface area contributed by atoms with Gasteiger partial charge in [0.05, 0.1) is 24.1 Å². The van der Waals surface area contributed by atoms with Crippen molar-refractivity contribution in [2.75, 3.05) is 30.8 Å². The number of rotatable bonds is 16. The molecule has 2 aromatic rings. The number of Topliss-reactive ketones (excluding diaryl/α,β-unsaturated/α-hetero) is 1. The van der Waals surface area contributed by atoms with Crippen LogP contribution in [0.5, 0.6) is 0 Å². The van der Waals surface area contributed by atoms with Gasteiger partial charge in [0.1, 0.15) is 6.29 Å². The minimum Gasteiger partial charge on any atom is -0.388 e. The highest BCUT2D eigenvalue weighted by Gasteiger charge is 2.15. The summed E-state index contributed by atoms with van der Waals surface area (Å²) in [5, 5.41) is 6.86. The highest BCUT2D eigenvalue weighted by atomic mass is 16.5. The summed E-state index contributed by atoms with van der Waals surface area (Å²) in [6, 6.07) is 12.5. The summed E-state index contributed by atoms with van der Waals surface area (Å²) in [6.45, 7) is 24.4. The quantitative estimate of drug-likeness (QED) is 0.0395. The maximum absolute atomic E-state index is 12.6. The molecular weight excluding hydrogens is 669 g/mol. The van der Waals surface area contributed by atoms with E-state index in [-0.39, 0.29) is 17.8 Å². The normalized spacial score (nSPS) is 15.4. The lowest BCUT2D eigenvalue weighted by atomic mass is 9.94. The molecule has 1 unspecified atom stereocenters. The molecule has 0 saturated heterocycles. The van der Waals surface area contributed by atoms with Crippen LogP contribution in [0.15, 0.2) is 82.7 Å². The van der Waals surface area contributed by atoms with Crippen molar-refractivity contribution in [3.8, 4) is 0 Å². The zero-order valence-corrected chi connectivity index (χ0v) is 35.7. The molecule has 1 aliphatic rings. The summed E-state index contributed by atoms with van der Waals surface area (Å²) >= 11 is 0. The molecular formula is C47H72N4O3. The number of hydrogen-bond acceptors (Lipinski definition) is 7. The Morgan fingerprint density at radius 2 is 1.76 bits per heavy atom. The average Bonchev–Trinajstić information content (AvgIpc) is 3.41. The summed E-state index contributed by atoms with van der Waals surface area (Å²) in [5.74, 6) is 0.473. The number of unbranched alkanes of at least 4 members (excludes halogenated alkanes) is 2. The second-order valence-corrected chi connectivity index (χ2v) is 14.4. The number of aliphatic imine (C=N–C) groups is 1. The van der Waals surface area contributed by atoms with Crippen molar-refractivity contribution in [1.82, 2.24) is 0 Å². The Hall–Kier alpha value is -4.07. The number of nitrogens with two attached hydrogens (primary N) is 1. The number of benzene rings is 2. The van der Waals surface area contributed by atoms with E-state index >= 15 is 0 Å². The first kappa shape index (κ1) is 48.0. The first-order valence-electron chi connectivity index (χ1n) is 20.1. The van der Waals surface area contributed by atoms with Gasteiger partial charge in [-0.15, -0.1) is 0 Å². The number of carbonyl (C=O) groups excluding carboxylic acids is 2. The van der Waals surface area contributed by atoms with Gasteiger partial charge in [0.25, 0.3) is 0 Å². The molecule has 4 N–H and O–H groups in total. The summed E-state index contributed by atoms with van der Waals surface area (Å²) in [5.41, 5.74) is 17.6. The molecule has 3 rings (SSSR count). The maximum atomic E-state index is 12.6. The molecule has 1 aliphatic heterocycles. The van der Waals surface area contributed by atoms with Crippen molar-refractivity contribution in [1.29, 1.82) is 0 Å². The third-order valence-electron chi connectivity index (χ3n) is 9.35. The van der Waals surface area contributed by atoms with Gasteiger partial charge in [0.15, 0.2) is 5.78 Å². The predicted molar refractivity (Wildman–Crippen MR) is 235 cm³/mol. The number of nitrogens with one attached hydrogen (secondary N) is 2. The first-order valence-corrected chi connectivity index (χ1v) is 20.1. The second-order valence-electron chi connectivity index (χ2n) is 14.4. The fraction of sp³-hybridized carbons (Fsp3) is 0.511. The van der Waals surface area contributed by atoms with Gasteiger partial charge >= 0.3 is 0 Å². The molecule has 0 aromatic heterocycles. The van der Waals surface area contributed by atoms with Crippen LogP contribution < -0.4 is 16.4 Å². The number of aldehydes is 1. The molecule has 7 heteroatoms. The van der Waals surface area contributed by atoms with Crippen LogP contribution in [-0.2, 0) is 9.53 Å². The first-order chi connectivity index (χ1) is 25.8. The molecule has 0 aliphatic carbocycles. The second kappa shape index (κ2) is 26.7. The largest absolute Gasteiger partial charge is 0.388 e. The van der Waals surface area contributed by atoms with E-state index in [0.717, 1.165) is 91.7 Å². The number of aryl methyl sites for hydroxylation is 2. The smallest absolute Gasteiger partial charge is 0.165 e. The lowest BCUT2D eigenvalue weighted by Crippen LogP contribution is -2.23. The van der Waals surface area contributed by atoms with Crippen LogP contribution in [0, 0.1) is 25.7 Å². The Kier molecular flexibility index (Phi) is 23.7. The molecule has 0 bridgehead atoms. The van der Waals surface area contributed by atoms with Crippen LogP contribution in [0.25, 0.3) is 5.57 Å². The zero-order valence-electron chi connectivity index (χ0n) is 35.7. The lowest BCUT2D eigenvalue weighted by molar-refractivity contribution is -0.107. The average molecular weight is 741 g/mol. The molecule has 1 atom stereocenters. The Morgan fingerprint density at radius 1 is 1.04 bits per heavy atom. The number of hydrogen-bond donors (Lipinski definition) is 3. The van der Waals surface area contributed by atoms with E-state index in [1.807, 2.05) is 59.1 Å². The fourth-order valence-electron chi connectivity index (χ4n) is 6.03. The molecule has 0 amide bonds. The third kappa shape index (κ3) is 16.5. The number of nitrogens with zero attached hydrogens (tertiary/aromatic N) is 1. The van der Waals surface area contributed by atoms with Crippen LogP contribution in [0.1, 0.15) is 134 Å². The number of allylic oxidation sites excluding steroid dienone is 5. The van der Waals surface area contributed by atoms with Gasteiger partial charge in [-0.2, -0.15) is 0 Å². The van der Waals surface area contributed by atoms with Crippen LogP contribution >= 0.6 is 0 Å². The fourth-order valence-corrected chi connectivity index (χ4v) is 6.03. The summed E-state index contributed by atoms with van der Waals surface area (Å²) in [6.07, 6.45) is 16.7. The van der Waals surface area contributed by atoms with Gasteiger partial charge in [-0.05, 0) is 124 Å². The van der Waals surface area contributed by atoms with E-state index in [9.17, 15) is 9.59 Å². The van der Waals surface area contributed by atoms with E-state index in [2.05, 4.69) is 95.5 Å². The van der Waals surface area contributed by atoms with Gasteiger partial charge in [0, 0.05) is 49.1 Å². The molecule has 0 fully saturated rings. The van der Waals surface area contributed by atoms with Crippen molar-refractivity contribution < 1.29 is 14.3 Å². The van der Waals surface area contributed by atoms with E-state index < -0.39 is 0 Å². The molecule has 0 spiro atoms. The predicted octanol–water partition coefficient (Wildman–Crippen LogP) is 11.8. The summed E-state index contributed by atoms with van der Waals surface area (Å²) < 4.78 is 5.51. The van der Waals surface area contributed by atoms with Gasteiger partial charge in [-0.3, -0.25) is 9.79 Å². The highest BCUT2D eigenvalue weighted by Crippen LogP contribution is 2.28. The van der Waals surface area contributed by atoms with E-state index in [1.54, 1.807) is 0 Å². The standard InChI is InChI=1S/C33H45N3O.C9H17NO.C5H10O/c1-11-13-26(12-2)32(36-28-15-16-29(23(7)19-28)33(37)22(5)6)25(9)35-20-30(21(3)4)27-14-17-31(34-10)24(8)18-27;1-2-8-4-3-5-11-9(6-8)7-10;1-2-3-4-5-6/h11,13-22,34,36H,12H2,1-10H3;4,9H,2-3,5-7,10H2,1H3;5H,2-4H2,1H3/b13-11-,30-20+,32-26+,35-25+;;. The Bertz CT molecular complexity index is 1610. The van der Waals surface area contributed by atoms with Crippen LogP contribution in [0.2, 0.25) is 0 Å². The Morgan fingerprint density at radius 3 is 2.26 bits per heavy atom. The third-order valence-corrected chi connectivity index (χ3v) is 9.35. The summed E-state index contributed by atoms with van der Waals surface area (Å²) in [7, 11) is 1.95. The minimum atomic E-state index is -0.0242. The zero-order chi connectivity index (χ0) is 40.6. The maximum Gasteiger partial charge on any atom is 0.165 e. The van der Waals surface area contributed by atoms with Gasteiger partial charge in [-0.1, -0.05) is 84.8 Å². The molecule has 0 radical (unpaired) electrons. The molecule has 54 heavy (non-hydrogen) atoms. The van der Waals surface area contributed by atoms with Crippen molar-refractivity contribution in [2.24, 2.45) is 22.6 Å². The number of anilines is 2. The van der Waals surface area contributed by atoms with E-state index in [0.29, 0.717) is 12.5 Å². The number of ether oxygens (including phenoxy) is 1. The van der Waals surface area contributed by atoms with Crippen LogP contribution in [0.3, 0.4) is 0 Å². The van der Waals surface area contributed by atoms with E-state index in [4.69, 9.17) is 15.5 Å². The van der Waals surface area contributed by atoms with Crippen molar-refractivity contribution in [3.63, 3.8) is 0 Å². The minimum absolute atomic E-state index is 0.0242. The van der Waals surface area contributed by atoms with Crippen LogP contribution in [0.4, 0.5) is 11.4 Å². The molecule has 298 valence electrons. The molecule has 2 aromatic carbocycles. The molecule has 1 heterocycles. The van der Waals surface area contributed by atoms with Crippen molar-refractivity contribution >= 4 is 34.7 Å². The summed E-state index contributed by atoms with van der Waals surface area (Å²) in [4.78, 5) is 27.1. The highest BCUT2D eigenvalue weighted by molar-refractivity contribution is 6.03. The van der Waals surface area contributed by atoms with Gasteiger partial charge in [-0.25, -0.2) is 0 Å². The number of carbonyl (C=O) groups is 2. The van der Waals surface area contributed by atoms with Gasteiger partial charge in [0.2, 0.25) is 0 Å². The van der Waals surface area contributed by atoms with Crippen LogP contribution in [-0.4, -0.2) is 44.1 Å². The molecule has 7 nitrogen and oxygen atoms in total. The SMILES string of the molecule is CCC1=CCCOC(CN)C1.CCCCC=O.C\C=C/C(CC)=C(Nc1ccc(C(=O)C(C)C)c(C)c1)\C(C)=N\C=C(\c1ccc(NC)c(C)c1)C(C)C. The molecule has 0 saturated carbocycles. The topological polar surface area (TPSA) is 106 Å². The Balaban J connectivity index is 0.000000701. The van der Waals surface area contributed by atoms with Gasteiger partial charge < -0.3 is 25.9 Å². The Labute approximate surface area is 328 Å². The van der Waals surface area contributed by atoms with Crippen molar-refractivity contribution in [3.05, 3.63) is 99.9 Å². The van der Waals surface area contributed by atoms with Crippen molar-refractivity contribution in [2.45, 2.75) is 127 Å². The lowest BCUT2D eigenvalue weighted by Gasteiger charge is -2.17.